The van der Waals surface area contributed by atoms with E-state index in [-0.39, 0.29) is 5.97 Å². The Labute approximate surface area is 113 Å². The molecule has 0 saturated heterocycles. The van der Waals surface area contributed by atoms with Crippen LogP contribution < -0.4 is 5.73 Å². The van der Waals surface area contributed by atoms with Gasteiger partial charge in [-0.25, -0.2) is 0 Å². The van der Waals surface area contributed by atoms with Gasteiger partial charge in [0.15, 0.2) is 0 Å². The number of para-hydroxylation sites is 1. The van der Waals surface area contributed by atoms with Crippen LogP contribution in [0.4, 0.5) is 0 Å². The minimum atomic E-state index is -0.607. The average Bonchev–Trinajstić information content (AvgIpc) is 2.65. The molecule has 0 saturated carbocycles. The summed E-state index contributed by atoms with van der Waals surface area (Å²) < 4.78 is 7.09. The molecule has 1 atom stereocenters. The minimum Gasteiger partial charge on any atom is -0.465 e. The monoisotopic (exact) mass is 260 g/mol. The summed E-state index contributed by atoms with van der Waals surface area (Å²) in [6.07, 6.45) is 0.506. The minimum absolute atomic E-state index is 0.338. The van der Waals surface area contributed by atoms with Crippen molar-refractivity contribution in [3.8, 4) is 0 Å². The van der Waals surface area contributed by atoms with E-state index < -0.39 is 6.04 Å². The number of rotatable bonds is 4. The quantitative estimate of drug-likeness (QED) is 0.854. The molecule has 0 bridgehead atoms. The second-order valence-corrected chi connectivity index (χ2v) is 4.70. The molecule has 0 aliphatic heterocycles. The van der Waals surface area contributed by atoms with E-state index in [1.807, 2.05) is 26.1 Å². The number of benzene rings is 1. The molecular formula is C15H20N2O2. The van der Waals surface area contributed by atoms with Crippen molar-refractivity contribution in [1.29, 1.82) is 0 Å². The Morgan fingerprint density at radius 3 is 2.79 bits per heavy atom. The van der Waals surface area contributed by atoms with Crippen LogP contribution in [0.25, 0.3) is 10.9 Å². The summed E-state index contributed by atoms with van der Waals surface area (Å²) in [4.78, 5) is 11.6. The molecule has 0 spiro atoms. The summed E-state index contributed by atoms with van der Waals surface area (Å²) >= 11 is 0. The molecule has 1 aromatic carbocycles. The Bertz CT molecular complexity index is 601. The number of hydrogen-bond donors (Lipinski definition) is 1. The number of hydrogen-bond acceptors (Lipinski definition) is 3. The highest BCUT2D eigenvalue weighted by Gasteiger charge is 2.19. The van der Waals surface area contributed by atoms with Crippen LogP contribution in [-0.4, -0.2) is 23.2 Å². The van der Waals surface area contributed by atoms with E-state index in [0.717, 1.165) is 22.2 Å². The van der Waals surface area contributed by atoms with Gasteiger partial charge in [0.2, 0.25) is 0 Å². The first-order valence-corrected chi connectivity index (χ1v) is 6.51. The van der Waals surface area contributed by atoms with Gasteiger partial charge >= 0.3 is 5.97 Å². The van der Waals surface area contributed by atoms with Crippen LogP contribution in [0.5, 0.6) is 0 Å². The Morgan fingerprint density at radius 1 is 1.42 bits per heavy atom. The van der Waals surface area contributed by atoms with E-state index in [2.05, 4.69) is 16.7 Å². The maximum absolute atomic E-state index is 11.6. The third kappa shape index (κ3) is 2.49. The standard InChI is InChI=1S/C15H20N2O2/c1-4-19-15(18)13(16)9-12-10(2)17(3)14-8-6-5-7-11(12)14/h5-8,13H,4,9,16H2,1-3H3. The molecule has 19 heavy (non-hydrogen) atoms. The molecule has 102 valence electrons. The second-order valence-electron chi connectivity index (χ2n) is 4.70. The topological polar surface area (TPSA) is 57.2 Å². The zero-order valence-electron chi connectivity index (χ0n) is 11.6. The van der Waals surface area contributed by atoms with Crippen LogP contribution in [0, 0.1) is 6.92 Å². The van der Waals surface area contributed by atoms with Gasteiger partial charge < -0.3 is 15.0 Å². The van der Waals surface area contributed by atoms with Crippen molar-refractivity contribution in [3.05, 3.63) is 35.5 Å². The van der Waals surface area contributed by atoms with Gasteiger partial charge in [0.25, 0.3) is 0 Å². The molecule has 2 N–H and O–H groups in total. The van der Waals surface area contributed by atoms with Gasteiger partial charge in [-0.05, 0) is 25.5 Å². The first-order valence-electron chi connectivity index (χ1n) is 6.51. The molecule has 0 fully saturated rings. The van der Waals surface area contributed by atoms with Gasteiger partial charge in [-0.15, -0.1) is 0 Å². The number of carbonyl (C=O) groups excluding carboxylic acids is 1. The van der Waals surface area contributed by atoms with Crippen molar-refractivity contribution < 1.29 is 9.53 Å². The van der Waals surface area contributed by atoms with Crippen LogP contribution in [0.1, 0.15) is 18.2 Å². The normalized spacial score (nSPS) is 12.6. The van der Waals surface area contributed by atoms with E-state index in [1.54, 1.807) is 6.92 Å². The fraction of sp³-hybridized carbons (Fsp3) is 0.400. The number of esters is 1. The van der Waals surface area contributed by atoms with Crippen LogP contribution in [0.3, 0.4) is 0 Å². The molecule has 0 aliphatic rings. The Balaban J connectivity index is 2.35. The number of nitrogens with zero attached hydrogens (tertiary/aromatic N) is 1. The Kier molecular flexibility index (Phi) is 3.90. The largest absolute Gasteiger partial charge is 0.465 e. The zero-order valence-corrected chi connectivity index (χ0v) is 11.6. The Hall–Kier alpha value is -1.81. The SMILES string of the molecule is CCOC(=O)C(N)Cc1c(C)n(C)c2ccccc12. The third-order valence-electron chi connectivity index (χ3n) is 3.54. The van der Waals surface area contributed by atoms with Crippen molar-refractivity contribution >= 4 is 16.9 Å². The van der Waals surface area contributed by atoms with Gasteiger partial charge in [-0.3, -0.25) is 4.79 Å². The summed E-state index contributed by atoms with van der Waals surface area (Å²) in [5.74, 6) is -0.338. The molecule has 1 aromatic heterocycles. The van der Waals surface area contributed by atoms with Crippen molar-refractivity contribution in [2.24, 2.45) is 12.8 Å². The van der Waals surface area contributed by atoms with Crippen LogP contribution in [0.2, 0.25) is 0 Å². The average molecular weight is 260 g/mol. The van der Waals surface area contributed by atoms with Crippen LogP contribution in [-0.2, 0) is 23.0 Å². The van der Waals surface area contributed by atoms with Crippen LogP contribution >= 0.6 is 0 Å². The molecular weight excluding hydrogens is 240 g/mol. The second kappa shape index (κ2) is 5.45. The molecule has 2 rings (SSSR count). The number of nitrogens with two attached hydrogens (primary N) is 1. The molecule has 1 heterocycles. The highest BCUT2D eigenvalue weighted by atomic mass is 16.5. The molecule has 4 heteroatoms. The van der Waals surface area contributed by atoms with E-state index in [0.29, 0.717) is 13.0 Å². The van der Waals surface area contributed by atoms with E-state index in [4.69, 9.17) is 10.5 Å². The summed E-state index contributed by atoms with van der Waals surface area (Å²) in [6.45, 7) is 4.20. The van der Waals surface area contributed by atoms with Gasteiger partial charge in [-0.1, -0.05) is 18.2 Å². The van der Waals surface area contributed by atoms with Crippen molar-refractivity contribution in [1.82, 2.24) is 4.57 Å². The van der Waals surface area contributed by atoms with Crippen molar-refractivity contribution in [2.45, 2.75) is 26.3 Å². The predicted octanol–water partition coefficient (Wildman–Crippen LogP) is 1.92. The van der Waals surface area contributed by atoms with Gasteiger partial charge in [0.05, 0.1) is 6.61 Å². The zero-order chi connectivity index (χ0) is 14.0. The van der Waals surface area contributed by atoms with Crippen LogP contribution in [0.15, 0.2) is 24.3 Å². The van der Waals surface area contributed by atoms with Crippen molar-refractivity contribution in [2.75, 3.05) is 6.61 Å². The fourth-order valence-corrected chi connectivity index (χ4v) is 2.41. The predicted molar refractivity (Wildman–Crippen MR) is 76.0 cm³/mol. The highest BCUT2D eigenvalue weighted by molar-refractivity contribution is 5.86. The number of aromatic nitrogens is 1. The summed E-state index contributed by atoms with van der Waals surface area (Å²) in [6, 6.07) is 7.54. The lowest BCUT2D eigenvalue weighted by molar-refractivity contribution is -0.144. The van der Waals surface area contributed by atoms with Gasteiger partial charge in [0, 0.05) is 30.1 Å². The fourth-order valence-electron chi connectivity index (χ4n) is 2.41. The van der Waals surface area contributed by atoms with E-state index in [1.165, 1.54) is 0 Å². The van der Waals surface area contributed by atoms with E-state index >= 15 is 0 Å². The first kappa shape index (κ1) is 13.6. The maximum Gasteiger partial charge on any atom is 0.323 e. The van der Waals surface area contributed by atoms with E-state index in [9.17, 15) is 4.79 Å². The lowest BCUT2D eigenvalue weighted by Gasteiger charge is -2.11. The summed E-state index contributed by atoms with van der Waals surface area (Å²) in [5.41, 5.74) is 9.34. The first-order chi connectivity index (χ1) is 9.06. The smallest absolute Gasteiger partial charge is 0.323 e. The lowest BCUT2D eigenvalue weighted by atomic mass is 10.0. The molecule has 4 nitrogen and oxygen atoms in total. The molecule has 1 unspecified atom stereocenters. The molecule has 0 aliphatic carbocycles. The van der Waals surface area contributed by atoms with Crippen molar-refractivity contribution in [3.63, 3.8) is 0 Å². The number of carbonyl (C=O) groups is 1. The number of fused-ring (bicyclic) bond motifs is 1. The maximum atomic E-state index is 11.6. The highest BCUT2D eigenvalue weighted by Crippen LogP contribution is 2.25. The number of ether oxygens (including phenoxy) is 1. The lowest BCUT2D eigenvalue weighted by Crippen LogP contribution is -2.34. The summed E-state index contributed by atoms with van der Waals surface area (Å²) in [5, 5.41) is 1.15. The number of aryl methyl sites for hydroxylation is 1. The molecule has 0 amide bonds. The Morgan fingerprint density at radius 2 is 2.11 bits per heavy atom. The molecule has 2 aromatic rings. The van der Waals surface area contributed by atoms with Gasteiger partial charge in [-0.2, -0.15) is 0 Å². The third-order valence-corrected chi connectivity index (χ3v) is 3.54. The molecule has 0 radical (unpaired) electrons. The van der Waals surface area contributed by atoms with Gasteiger partial charge in [0.1, 0.15) is 6.04 Å². The summed E-state index contributed by atoms with van der Waals surface area (Å²) in [7, 11) is 2.02.